The highest BCUT2D eigenvalue weighted by Crippen LogP contribution is 2.11. The van der Waals surface area contributed by atoms with Crippen molar-refractivity contribution in [2.75, 3.05) is 11.9 Å². The fourth-order valence-corrected chi connectivity index (χ4v) is 2.28. The third-order valence-electron chi connectivity index (χ3n) is 3.43. The molecule has 106 valence electrons. The number of rotatable bonds is 5. The Hall–Kier alpha value is -2.55. The van der Waals surface area contributed by atoms with Crippen molar-refractivity contribution in [3.8, 4) is 0 Å². The highest BCUT2D eigenvalue weighted by atomic mass is 15.1. The molecule has 0 amide bonds. The molecule has 0 unspecified atom stereocenters. The second kappa shape index (κ2) is 6.75. The van der Waals surface area contributed by atoms with E-state index < -0.39 is 0 Å². The van der Waals surface area contributed by atoms with E-state index in [1.165, 1.54) is 11.1 Å². The normalized spacial score (nSPS) is 13.4. The molecule has 0 aliphatic carbocycles. The van der Waals surface area contributed by atoms with Gasteiger partial charge in [-0.25, -0.2) is 4.98 Å². The van der Waals surface area contributed by atoms with Gasteiger partial charge in [0.25, 0.3) is 0 Å². The minimum atomic E-state index is 0.795. The number of allylic oxidation sites excluding steroid dienone is 2. The highest BCUT2D eigenvalue weighted by molar-refractivity contribution is 5.35. The van der Waals surface area contributed by atoms with Gasteiger partial charge in [-0.3, -0.25) is 0 Å². The van der Waals surface area contributed by atoms with Crippen molar-refractivity contribution in [1.82, 2.24) is 9.88 Å². The fourth-order valence-electron chi connectivity index (χ4n) is 2.28. The number of benzene rings is 1. The van der Waals surface area contributed by atoms with E-state index in [1.54, 1.807) is 6.20 Å². The summed E-state index contributed by atoms with van der Waals surface area (Å²) >= 11 is 0. The number of pyridine rings is 1. The Bertz CT molecular complexity index is 615. The zero-order valence-corrected chi connectivity index (χ0v) is 11.9. The zero-order chi connectivity index (χ0) is 14.3. The zero-order valence-electron chi connectivity index (χ0n) is 11.9. The summed E-state index contributed by atoms with van der Waals surface area (Å²) in [7, 11) is 0. The van der Waals surface area contributed by atoms with E-state index in [-0.39, 0.29) is 0 Å². The van der Waals surface area contributed by atoms with Crippen molar-refractivity contribution in [3.63, 3.8) is 0 Å². The van der Waals surface area contributed by atoms with Crippen molar-refractivity contribution in [1.29, 1.82) is 0 Å². The third kappa shape index (κ3) is 3.96. The summed E-state index contributed by atoms with van der Waals surface area (Å²) in [5.74, 6) is 0.909. The number of nitrogens with one attached hydrogen (secondary N) is 1. The van der Waals surface area contributed by atoms with Crippen molar-refractivity contribution in [3.05, 3.63) is 84.2 Å². The smallest absolute Gasteiger partial charge is 0.126 e. The van der Waals surface area contributed by atoms with Crippen molar-refractivity contribution in [2.45, 2.75) is 13.1 Å². The standard InChI is InChI=1S/C18H19N3/c1-4-12-21(13-5-1)15-17-9-7-16(8-10-17)14-20-18-6-2-3-11-19-18/h1-12H,13-15H2,(H,19,20). The van der Waals surface area contributed by atoms with E-state index in [4.69, 9.17) is 0 Å². The summed E-state index contributed by atoms with van der Waals surface area (Å²) in [5.41, 5.74) is 2.59. The molecule has 21 heavy (non-hydrogen) atoms. The van der Waals surface area contributed by atoms with Crippen LogP contribution in [-0.2, 0) is 13.1 Å². The average molecular weight is 277 g/mol. The van der Waals surface area contributed by atoms with Crippen LogP contribution in [-0.4, -0.2) is 16.4 Å². The molecule has 0 fully saturated rings. The van der Waals surface area contributed by atoms with Gasteiger partial charge in [0.2, 0.25) is 0 Å². The van der Waals surface area contributed by atoms with Gasteiger partial charge >= 0.3 is 0 Å². The van der Waals surface area contributed by atoms with Crippen molar-refractivity contribution >= 4 is 5.82 Å². The van der Waals surface area contributed by atoms with Crippen LogP contribution in [0.1, 0.15) is 11.1 Å². The average Bonchev–Trinajstić information content (AvgIpc) is 2.56. The van der Waals surface area contributed by atoms with Crippen molar-refractivity contribution < 1.29 is 0 Å². The molecular formula is C18H19N3. The van der Waals surface area contributed by atoms with Gasteiger partial charge in [0, 0.05) is 25.8 Å². The molecule has 1 N–H and O–H groups in total. The largest absolute Gasteiger partial charge is 0.369 e. The number of nitrogens with zero attached hydrogens (tertiary/aromatic N) is 2. The lowest BCUT2D eigenvalue weighted by Gasteiger charge is -2.20. The molecule has 0 bridgehead atoms. The first-order chi connectivity index (χ1) is 10.4. The first kappa shape index (κ1) is 13.4. The molecular weight excluding hydrogens is 258 g/mol. The van der Waals surface area contributed by atoms with Crippen LogP contribution in [0.4, 0.5) is 5.82 Å². The predicted molar refractivity (Wildman–Crippen MR) is 86.7 cm³/mol. The van der Waals surface area contributed by atoms with E-state index >= 15 is 0 Å². The molecule has 1 aliphatic rings. The van der Waals surface area contributed by atoms with Gasteiger partial charge in [0.15, 0.2) is 0 Å². The number of hydrogen-bond donors (Lipinski definition) is 1. The fraction of sp³-hybridized carbons (Fsp3) is 0.167. The Morgan fingerprint density at radius 1 is 1.00 bits per heavy atom. The van der Waals surface area contributed by atoms with E-state index in [2.05, 4.69) is 63.9 Å². The third-order valence-corrected chi connectivity index (χ3v) is 3.43. The molecule has 1 aromatic heterocycles. The summed E-state index contributed by atoms with van der Waals surface area (Å²) in [6, 6.07) is 14.6. The molecule has 0 radical (unpaired) electrons. The van der Waals surface area contributed by atoms with Gasteiger partial charge in [0.1, 0.15) is 5.82 Å². The van der Waals surface area contributed by atoms with Gasteiger partial charge in [-0.1, -0.05) is 42.5 Å². The molecule has 1 aliphatic heterocycles. The van der Waals surface area contributed by atoms with Gasteiger partial charge in [-0.15, -0.1) is 0 Å². The first-order valence-corrected chi connectivity index (χ1v) is 7.20. The lowest BCUT2D eigenvalue weighted by molar-refractivity contribution is 0.405. The van der Waals surface area contributed by atoms with Crippen LogP contribution in [0.3, 0.4) is 0 Å². The first-order valence-electron chi connectivity index (χ1n) is 7.20. The maximum Gasteiger partial charge on any atom is 0.126 e. The number of hydrogen-bond acceptors (Lipinski definition) is 3. The lowest BCUT2D eigenvalue weighted by atomic mass is 10.1. The van der Waals surface area contributed by atoms with Crippen molar-refractivity contribution in [2.24, 2.45) is 0 Å². The van der Waals surface area contributed by atoms with E-state index in [9.17, 15) is 0 Å². The quantitative estimate of drug-likeness (QED) is 0.905. The van der Waals surface area contributed by atoms with Crippen LogP contribution in [0.25, 0.3) is 0 Å². The summed E-state index contributed by atoms with van der Waals surface area (Å²) in [4.78, 5) is 6.55. The van der Waals surface area contributed by atoms with Crippen LogP contribution in [0.5, 0.6) is 0 Å². The SMILES string of the molecule is C1=CCN(Cc2ccc(CNc3ccccn3)cc2)C=C1. The molecule has 3 heteroatoms. The molecule has 0 saturated heterocycles. The van der Waals surface area contributed by atoms with Gasteiger partial charge in [0.05, 0.1) is 0 Å². The summed E-state index contributed by atoms with van der Waals surface area (Å²) in [6.07, 6.45) is 10.3. The Balaban J connectivity index is 1.54. The summed E-state index contributed by atoms with van der Waals surface area (Å²) in [6.45, 7) is 2.73. The molecule has 1 aromatic carbocycles. The highest BCUT2D eigenvalue weighted by Gasteiger charge is 2.02. The Morgan fingerprint density at radius 3 is 2.57 bits per heavy atom. The van der Waals surface area contributed by atoms with E-state index in [0.29, 0.717) is 0 Å². The topological polar surface area (TPSA) is 28.2 Å². The molecule has 0 saturated carbocycles. The Morgan fingerprint density at radius 2 is 1.86 bits per heavy atom. The van der Waals surface area contributed by atoms with Crippen LogP contribution in [0.15, 0.2) is 73.1 Å². The second-order valence-corrected chi connectivity index (χ2v) is 5.08. The number of anilines is 1. The molecule has 2 heterocycles. The molecule has 0 atom stereocenters. The number of aromatic nitrogens is 1. The minimum absolute atomic E-state index is 0.795. The van der Waals surface area contributed by atoms with Crippen LogP contribution < -0.4 is 5.32 Å². The lowest BCUT2D eigenvalue weighted by Crippen LogP contribution is -2.18. The maximum absolute atomic E-state index is 4.26. The second-order valence-electron chi connectivity index (χ2n) is 5.08. The van der Waals surface area contributed by atoms with E-state index in [0.717, 1.165) is 25.5 Å². The van der Waals surface area contributed by atoms with Gasteiger partial charge in [-0.2, -0.15) is 0 Å². The van der Waals surface area contributed by atoms with Crippen LogP contribution in [0, 0.1) is 0 Å². The van der Waals surface area contributed by atoms with Gasteiger partial charge in [-0.05, 0) is 35.5 Å². The predicted octanol–water partition coefficient (Wildman–Crippen LogP) is 3.58. The molecule has 3 rings (SSSR count). The summed E-state index contributed by atoms with van der Waals surface area (Å²) < 4.78 is 0. The van der Waals surface area contributed by atoms with Crippen LogP contribution in [0.2, 0.25) is 0 Å². The van der Waals surface area contributed by atoms with E-state index in [1.807, 2.05) is 18.2 Å². The Kier molecular flexibility index (Phi) is 4.32. The maximum atomic E-state index is 4.26. The molecule has 3 nitrogen and oxygen atoms in total. The van der Waals surface area contributed by atoms with Crippen LogP contribution >= 0.6 is 0 Å². The molecule has 2 aromatic rings. The minimum Gasteiger partial charge on any atom is -0.369 e. The molecule has 0 spiro atoms. The Labute approximate surface area is 125 Å². The summed E-state index contributed by atoms with van der Waals surface area (Å²) in [5, 5.41) is 3.32. The van der Waals surface area contributed by atoms with Gasteiger partial charge < -0.3 is 10.2 Å². The monoisotopic (exact) mass is 277 g/mol.